The van der Waals surface area contributed by atoms with Crippen LogP contribution < -0.4 is 24.0 Å². The number of hydrogen-bond acceptors (Lipinski definition) is 1. The third kappa shape index (κ3) is 2.52. The highest BCUT2D eigenvalue weighted by atomic mass is 127. The maximum atomic E-state index is 5.35. The molecule has 0 aromatic carbocycles. The second kappa shape index (κ2) is 3.89. The molecule has 0 amide bonds. The van der Waals surface area contributed by atoms with Gasteiger partial charge in [0.2, 0.25) is 0 Å². The maximum Gasteiger partial charge on any atom is 0.150 e. The molecule has 3 heteroatoms. The molecule has 1 heterocycles. The molecule has 0 atom stereocenters. The van der Waals surface area contributed by atoms with Crippen LogP contribution in [0, 0.1) is 0 Å². The zero-order valence-electron chi connectivity index (χ0n) is 5.80. The molecular weight excluding hydrogens is 246 g/mol. The highest BCUT2D eigenvalue weighted by molar-refractivity contribution is 7.71. The van der Waals surface area contributed by atoms with Crippen LogP contribution in [0.1, 0.15) is 0 Å². The van der Waals surface area contributed by atoms with Gasteiger partial charge in [-0.1, -0.05) is 0 Å². The first-order chi connectivity index (χ1) is 3.77. The first kappa shape index (κ1) is 9.86. The Morgan fingerprint density at radius 1 is 1.33 bits per heavy atom. The Labute approximate surface area is 74.3 Å². The van der Waals surface area contributed by atoms with Crippen molar-refractivity contribution in [1.82, 2.24) is 0 Å². The minimum atomic E-state index is -0.912. The topological polar surface area (TPSA) is 9.23 Å². The SMILES string of the molecule is CO[P+]1(C)CC=CC1.[I-]. The van der Waals surface area contributed by atoms with Crippen molar-refractivity contribution in [3.8, 4) is 0 Å². The molecule has 1 aliphatic rings. The van der Waals surface area contributed by atoms with E-state index in [-0.39, 0.29) is 24.0 Å². The van der Waals surface area contributed by atoms with Gasteiger partial charge in [-0.15, -0.1) is 0 Å². The van der Waals surface area contributed by atoms with Crippen LogP contribution in [0.2, 0.25) is 0 Å². The van der Waals surface area contributed by atoms with Gasteiger partial charge in [0, 0.05) is 0 Å². The summed E-state index contributed by atoms with van der Waals surface area (Å²) in [7, 11) is 0.908. The molecule has 0 bridgehead atoms. The quantitative estimate of drug-likeness (QED) is 0.325. The van der Waals surface area contributed by atoms with Crippen molar-refractivity contribution < 1.29 is 28.5 Å². The summed E-state index contributed by atoms with van der Waals surface area (Å²) < 4.78 is 5.35. The first-order valence-electron chi connectivity index (χ1n) is 2.82. The fraction of sp³-hybridized carbons (Fsp3) is 0.667. The highest BCUT2D eigenvalue weighted by Crippen LogP contribution is 2.58. The zero-order valence-corrected chi connectivity index (χ0v) is 8.85. The average molecular weight is 258 g/mol. The molecular formula is C6H12IOP. The Bertz CT molecular complexity index is 106. The van der Waals surface area contributed by atoms with Crippen LogP contribution in [0.5, 0.6) is 0 Å². The minimum absolute atomic E-state index is 0. The van der Waals surface area contributed by atoms with Gasteiger partial charge in [-0.05, 0) is 12.2 Å². The van der Waals surface area contributed by atoms with Crippen molar-refractivity contribution in [3.05, 3.63) is 12.2 Å². The van der Waals surface area contributed by atoms with Gasteiger partial charge in [0.25, 0.3) is 0 Å². The second-order valence-corrected chi connectivity index (χ2v) is 6.01. The summed E-state index contributed by atoms with van der Waals surface area (Å²) in [5.41, 5.74) is 0. The van der Waals surface area contributed by atoms with Gasteiger partial charge >= 0.3 is 0 Å². The summed E-state index contributed by atoms with van der Waals surface area (Å²) >= 11 is 0. The molecule has 0 fully saturated rings. The van der Waals surface area contributed by atoms with E-state index >= 15 is 0 Å². The first-order valence-corrected chi connectivity index (χ1v) is 5.34. The van der Waals surface area contributed by atoms with Crippen molar-refractivity contribution in [2.45, 2.75) is 0 Å². The average Bonchev–Trinajstić information content (AvgIpc) is 2.17. The van der Waals surface area contributed by atoms with Crippen LogP contribution in [0.25, 0.3) is 0 Å². The van der Waals surface area contributed by atoms with Crippen molar-refractivity contribution in [2.24, 2.45) is 0 Å². The number of hydrogen-bond donors (Lipinski definition) is 0. The third-order valence-electron chi connectivity index (χ3n) is 1.59. The van der Waals surface area contributed by atoms with E-state index in [2.05, 4.69) is 18.8 Å². The minimum Gasteiger partial charge on any atom is -1.00 e. The molecule has 54 valence electrons. The van der Waals surface area contributed by atoms with Gasteiger partial charge in [0.05, 0.1) is 13.8 Å². The zero-order chi connectivity index (χ0) is 6.04. The van der Waals surface area contributed by atoms with E-state index < -0.39 is 7.49 Å². The standard InChI is InChI=1S/C6H12OP.HI/c1-7-8(2)5-3-4-6-8;/h3-4H,5-6H2,1-2H3;1H/q+1;/p-1. The van der Waals surface area contributed by atoms with E-state index in [1.165, 1.54) is 12.3 Å². The largest absolute Gasteiger partial charge is 1.00 e. The molecule has 0 unspecified atom stereocenters. The normalized spacial score (nSPS) is 21.6. The Morgan fingerprint density at radius 3 is 2.00 bits per heavy atom. The summed E-state index contributed by atoms with van der Waals surface area (Å²) in [6.45, 7) is 2.24. The molecule has 0 N–H and O–H groups in total. The molecule has 0 saturated heterocycles. The Morgan fingerprint density at radius 2 is 1.78 bits per heavy atom. The van der Waals surface area contributed by atoms with Gasteiger partial charge < -0.3 is 24.0 Å². The molecule has 0 spiro atoms. The summed E-state index contributed by atoms with van der Waals surface area (Å²) in [5.74, 6) is 0. The van der Waals surface area contributed by atoms with Crippen LogP contribution in [0.15, 0.2) is 12.2 Å². The maximum absolute atomic E-state index is 5.35. The second-order valence-electron chi connectivity index (χ2n) is 2.32. The Kier molecular flexibility index (Phi) is 4.26. The van der Waals surface area contributed by atoms with Crippen molar-refractivity contribution in [1.29, 1.82) is 0 Å². The lowest BCUT2D eigenvalue weighted by atomic mass is 10.6. The lowest BCUT2D eigenvalue weighted by Crippen LogP contribution is -3.00. The van der Waals surface area contributed by atoms with E-state index in [1.54, 1.807) is 0 Å². The molecule has 0 radical (unpaired) electrons. The van der Waals surface area contributed by atoms with Gasteiger partial charge in [0.1, 0.15) is 19.8 Å². The third-order valence-corrected chi connectivity index (χ3v) is 4.44. The lowest BCUT2D eigenvalue weighted by Gasteiger charge is -2.10. The summed E-state index contributed by atoms with van der Waals surface area (Å²) in [6, 6.07) is 0. The number of halogens is 1. The van der Waals surface area contributed by atoms with Crippen molar-refractivity contribution in [3.63, 3.8) is 0 Å². The molecule has 1 rings (SSSR count). The molecule has 1 nitrogen and oxygen atoms in total. The van der Waals surface area contributed by atoms with Crippen molar-refractivity contribution >= 4 is 7.49 Å². The van der Waals surface area contributed by atoms with Crippen LogP contribution in [0.3, 0.4) is 0 Å². The van der Waals surface area contributed by atoms with E-state index in [4.69, 9.17) is 4.52 Å². The summed E-state index contributed by atoms with van der Waals surface area (Å²) in [5, 5.41) is 0. The number of rotatable bonds is 1. The van der Waals surface area contributed by atoms with Crippen LogP contribution in [-0.4, -0.2) is 26.1 Å². The van der Waals surface area contributed by atoms with Crippen molar-refractivity contribution in [2.75, 3.05) is 26.1 Å². The van der Waals surface area contributed by atoms with E-state index in [0.29, 0.717) is 0 Å². The Hall–Kier alpha value is 0.860. The number of allylic oxidation sites excluding steroid dienone is 2. The van der Waals surface area contributed by atoms with Gasteiger partial charge in [-0.25, -0.2) is 4.52 Å². The van der Waals surface area contributed by atoms with E-state index in [1.807, 2.05) is 7.11 Å². The lowest BCUT2D eigenvalue weighted by molar-refractivity contribution is -0.00000239. The molecule has 0 aromatic heterocycles. The van der Waals surface area contributed by atoms with Gasteiger partial charge in [-0.3, -0.25) is 0 Å². The van der Waals surface area contributed by atoms with E-state index in [0.717, 1.165) is 0 Å². The molecule has 0 saturated carbocycles. The highest BCUT2D eigenvalue weighted by Gasteiger charge is 2.32. The molecule has 0 aliphatic carbocycles. The van der Waals surface area contributed by atoms with Gasteiger partial charge in [-0.2, -0.15) is 0 Å². The van der Waals surface area contributed by atoms with Crippen LogP contribution in [-0.2, 0) is 4.52 Å². The molecule has 0 aromatic rings. The molecule has 9 heavy (non-hydrogen) atoms. The predicted octanol–water partition coefficient (Wildman–Crippen LogP) is -1.23. The summed E-state index contributed by atoms with van der Waals surface area (Å²) in [6.07, 6.45) is 6.81. The Balaban J connectivity index is 0.000000640. The molecule has 1 aliphatic heterocycles. The predicted molar refractivity (Wildman–Crippen MR) is 38.7 cm³/mol. The van der Waals surface area contributed by atoms with Gasteiger partial charge in [0.15, 0.2) is 0 Å². The fourth-order valence-electron chi connectivity index (χ4n) is 0.819. The van der Waals surface area contributed by atoms with Crippen LogP contribution >= 0.6 is 7.49 Å². The summed E-state index contributed by atoms with van der Waals surface area (Å²) in [4.78, 5) is 0. The van der Waals surface area contributed by atoms with E-state index in [9.17, 15) is 0 Å². The monoisotopic (exact) mass is 258 g/mol. The smallest absolute Gasteiger partial charge is 0.150 e. The van der Waals surface area contributed by atoms with Crippen LogP contribution in [0.4, 0.5) is 0 Å². The fourth-order valence-corrected chi connectivity index (χ4v) is 2.46.